The van der Waals surface area contributed by atoms with Gasteiger partial charge in [-0.15, -0.1) is 0 Å². The van der Waals surface area contributed by atoms with Gasteiger partial charge >= 0.3 is 0 Å². The molecule has 1 N–H and O–H groups in total. The van der Waals surface area contributed by atoms with Crippen LogP contribution >= 0.6 is 0 Å². The zero-order valence-electron chi connectivity index (χ0n) is 11.4. The predicted molar refractivity (Wildman–Crippen MR) is 72.7 cm³/mol. The molecule has 1 aliphatic carbocycles. The third-order valence-electron chi connectivity index (χ3n) is 3.83. The van der Waals surface area contributed by atoms with Crippen LogP contribution in [-0.2, 0) is 6.54 Å². The van der Waals surface area contributed by atoms with Gasteiger partial charge in [0.1, 0.15) is 0 Å². The number of ether oxygens (including phenoxy) is 1. The van der Waals surface area contributed by atoms with Crippen molar-refractivity contribution in [2.45, 2.75) is 38.3 Å². The zero-order chi connectivity index (χ0) is 13.7. The number of aliphatic hydroxyl groups is 1. The molecular weight excluding hydrogens is 245 g/mol. The summed E-state index contributed by atoms with van der Waals surface area (Å²) in [6, 6.07) is 5.60. The monoisotopic (exact) mass is 267 g/mol. The van der Waals surface area contributed by atoms with Crippen molar-refractivity contribution in [2.24, 2.45) is 0 Å². The summed E-state index contributed by atoms with van der Waals surface area (Å²) in [4.78, 5) is 2.26. The predicted octanol–water partition coefficient (Wildman–Crippen LogP) is 2.57. The number of nitrogens with zero attached hydrogens (tertiary/aromatic N) is 1. The van der Waals surface area contributed by atoms with E-state index in [0.29, 0.717) is 19.1 Å². The summed E-state index contributed by atoms with van der Waals surface area (Å²) in [5.74, 6) is -0.0475. The fraction of sp³-hybridized carbons (Fsp3) is 0.600. The minimum absolute atomic E-state index is 0.148. The van der Waals surface area contributed by atoms with Gasteiger partial charge in [-0.05, 0) is 30.5 Å². The fourth-order valence-corrected chi connectivity index (χ4v) is 2.83. The molecule has 0 spiro atoms. The summed E-state index contributed by atoms with van der Waals surface area (Å²) in [6.45, 7) is 1.49. The summed E-state index contributed by atoms with van der Waals surface area (Å²) in [6.07, 6.45) is 4.87. The molecule has 0 saturated heterocycles. The van der Waals surface area contributed by atoms with Crippen molar-refractivity contribution in [1.29, 1.82) is 0 Å². The number of rotatable bonds is 6. The Balaban J connectivity index is 2.05. The molecule has 0 aliphatic heterocycles. The van der Waals surface area contributed by atoms with Crippen molar-refractivity contribution in [3.63, 3.8) is 0 Å². The summed E-state index contributed by atoms with van der Waals surface area (Å²) >= 11 is 0. The van der Waals surface area contributed by atoms with E-state index in [1.54, 1.807) is 6.07 Å². The molecule has 1 saturated carbocycles. The van der Waals surface area contributed by atoms with E-state index in [9.17, 15) is 9.50 Å². The molecule has 1 fully saturated rings. The molecule has 1 aromatic carbocycles. The first-order chi connectivity index (χ1) is 9.24. The SMILES string of the molecule is COc1ccc(CN(CCO)C2CCCC2)cc1F. The number of hydrogen-bond acceptors (Lipinski definition) is 3. The lowest BCUT2D eigenvalue weighted by Crippen LogP contribution is -2.35. The lowest BCUT2D eigenvalue weighted by Gasteiger charge is -2.28. The van der Waals surface area contributed by atoms with E-state index in [0.717, 1.165) is 5.56 Å². The van der Waals surface area contributed by atoms with Crippen LogP contribution in [0.2, 0.25) is 0 Å². The van der Waals surface area contributed by atoms with E-state index in [-0.39, 0.29) is 18.2 Å². The van der Waals surface area contributed by atoms with E-state index in [4.69, 9.17) is 4.74 Å². The van der Waals surface area contributed by atoms with Crippen LogP contribution in [0, 0.1) is 5.82 Å². The molecule has 0 heterocycles. The average Bonchev–Trinajstić information content (AvgIpc) is 2.92. The van der Waals surface area contributed by atoms with Crippen LogP contribution in [0.5, 0.6) is 5.75 Å². The van der Waals surface area contributed by atoms with Gasteiger partial charge in [0.05, 0.1) is 13.7 Å². The van der Waals surface area contributed by atoms with Gasteiger partial charge in [-0.25, -0.2) is 4.39 Å². The van der Waals surface area contributed by atoms with E-state index in [2.05, 4.69) is 4.90 Å². The number of benzene rings is 1. The van der Waals surface area contributed by atoms with Crippen LogP contribution < -0.4 is 4.74 Å². The molecule has 0 aromatic heterocycles. The quantitative estimate of drug-likeness (QED) is 0.860. The van der Waals surface area contributed by atoms with Gasteiger partial charge in [0.25, 0.3) is 0 Å². The zero-order valence-corrected chi connectivity index (χ0v) is 11.4. The first-order valence-electron chi connectivity index (χ1n) is 6.92. The van der Waals surface area contributed by atoms with E-state index in [1.807, 2.05) is 6.07 Å². The normalized spacial score (nSPS) is 16.2. The maximum absolute atomic E-state index is 13.7. The molecule has 2 rings (SSSR count). The second-order valence-corrected chi connectivity index (χ2v) is 5.10. The Labute approximate surface area is 114 Å². The Morgan fingerprint density at radius 3 is 2.68 bits per heavy atom. The Hall–Kier alpha value is -1.13. The van der Waals surface area contributed by atoms with Crippen LogP contribution in [0.4, 0.5) is 4.39 Å². The summed E-state index contributed by atoms with van der Waals surface area (Å²) < 4.78 is 18.6. The van der Waals surface area contributed by atoms with Crippen LogP contribution in [0.15, 0.2) is 18.2 Å². The Kier molecular flexibility index (Phi) is 5.16. The molecule has 1 aromatic rings. The molecule has 0 bridgehead atoms. The minimum atomic E-state index is -0.324. The maximum Gasteiger partial charge on any atom is 0.165 e. The van der Waals surface area contributed by atoms with Gasteiger partial charge in [-0.1, -0.05) is 18.9 Å². The third kappa shape index (κ3) is 3.67. The summed E-state index contributed by atoms with van der Waals surface area (Å²) in [5, 5.41) is 9.18. The molecule has 1 aliphatic rings. The number of methoxy groups -OCH3 is 1. The molecule has 0 amide bonds. The fourth-order valence-electron chi connectivity index (χ4n) is 2.83. The van der Waals surface area contributed by atoms with Gasteiger partial charge in [0.15, 0.2) is 11.6 Å². The first-order valence-corrected chi connectivity index (χ1v) is 6.92. The minimum Gasteiger partial charge on any atom is -0.494 e. The number of aliphatic hydroxyl groups excluding tert-OH is 1. The van der Waals surface area contributed by atoms with Crippen LogP contribution in [0.25, 0.3) is 0 Å². The Morgan fingerprint density at radius 1 is 1.37 bits per heavy atom. The van der Waals surface area contributed by atoms with Crippen molar-refractivity contribution in [3.05, 3.63) is 29.6 Å². The summed E-state index contributed by atoms with van der Waals surface area (Å²) in [7, 11) is 1.47. The summed E-state index contributed by atoms with van der Waals surface area (Å²) in [5.41, 5.74) is 0.929. The van der Waals surface area contributed by atoms with E-state index < -0.39 is 0 Å². The Morgan fingerprint density at radius 2 is 2.11 bits per heavy atom. The molecule has 0 unspecified atom stereocenters. The van der Waals surface area contributed by atoms with Crippen LogP contribution in [0.3, 0.4) is 0 Å². The van der Waals surface area contributed by atoms with Crippen molar-refractivity contribution < 1.29 is 14.2 Å². The lowest BCUT2D eigenvalue weighted by molar-refractivity contribution is 0.144. The van der Waals surface area contributed by atoms with Gasteiger partial charge in [0, 0.05) is 19.1 Å². The standard InChI is InChI=1S/C15H22FNO2/c1-19-15-7-6-12(10-14(15)16)11-17(8-9-18)13-4-2-3-5-13/h6-7,10,13,18H,2-5,8-9,11H2,1H3. The smallest absolute Gasteiger partial charge is 0.165 e. The van der Waals surface area contributed by atoms with Crippen molar-refractivity contribution >= 4 is 0 Å². The molecular formula is C15H22FNO2. The highest BCUT2D eigenvalue weighted by Gasteiger charge is 2.22. The molecule has 0 radical (unpaired) electrons. The first kappa shape index (κ1) is 14.3. The molecule has 3 nitrogen and oxygen atoms in total. The average molecular weight is 267 g/mol. The topological polar surface area (TPSA) is 32.7 Å². The largest absolute Gasteiger partial charge is 0.494 e. The second kappa shape index (κ2) is 6.87. The number of halogens is 1. The van der Waals surface area contributed by atoms with Gasteiger partial charge in [-0.3, -0.25) is 4.90 Å². The van der Waals surface area contributed by atoms with Gasteiger partial charge in [-0.2, -0.15) is 0 Å². The van der Waals surface area contributed by atoms with Crippen LogP contribution in [0.1, 0.15) is 31.2 Å². The van der Waals surface area contributed by atoms with E-state index in [1.165, 1.54) is 38.9 Å². The highest BCUT2D eigenvalue weighted by Crippen LogP contribution is 2.25. The highest BCUT2D eigenvalue weighted by molar-refractivity contribution is 5.29. The molecule has 0 atom stereocenters. The van der Waals surface area contributed by atoms with Crippen molar-refractivity contribution in [3.8, 4) is 5.75 Å². The molecule has 4 heteroatoms. The second-order valence-electron chi connectivity index (χ2n) is 5.10. The Bertz CT molecular complexity index is 405. The van der Waals surface area contributed by atoms with E-state index >= 15 is 0 Å². The maximum atomic E-state index is 13.7. The lowest BCUT2D eigenvalue weighted by atomic mass is 10.1. The molecule has 19 heavy (non-hydrogen) atoms. The highest BCUT2D eigenvalue weighted by atomic mass is 19.1. The van der Waals surface area contributed by atoms with Gasteiger partial charge in [0.2, 0.25) is 0 Å². The number of hydrogen-bond donors (Lipinski definition) is 1. The third-order valence-corrected chi connectivity index (χ3v) is 3.83. The molecule has 106 valence electrons. The van der Waals surface area contributed by atoms with Crippen LogP contribution in [-0.4, -0.2) is 36.3 Å². The van der Waals surface area contributed by atoms with Crippen molar-refractivity contribution in [2.75, 3.05) is 20.3 Å². The van der Waals surface area contributed by atoms with Crippen molar-refractivity contribution in [1.82, 2.24) is 4.90 Å². The van der Waals surface area contributed by atoms with Gasteiger partial charge < -0.3 is 9.84 Å².